The van der Waals surface area contributed by atoms with Crippen LogP contribution in [0, 0.1) is 11.8 Å². The van der Waals surface area contributed by atoms with Crippen molar-refractivity contribution < 1.29 is 23.5 Å². The van der Waals surface area contributed by atoms with Gasteiger partial charge in [-0.3, -0.25) is 4.79 Å². The summed E-state index contributed by atoms with van der Waals surface area (Å²) in [6.07, 6.45) is 1.30. The van der Waals surface area contributed by atoms with Gasteiger partial charge >= 0.3 is 0 Å². The van der Waals surface area contributed by atoms with Crippen LogP contribution in [0.1, 0.15) is 52.5 Å². The number of carbonyl (C=O) groups is 1. The molecule has 2 atom stereocenters. The van der Waals surface area contributed by atoms with Gasteiger partial charge in [0.05, 0.1) is 21.3 Å². The maximum atomic E-state index is 12.3. The molecular weight excluding hydrogens is 374 g/mol. The second-order valence-electron chi connectivity index (χ2n) is 7.40. The standard InChI is InChI=1S/C21H31N3O5/c1-8-13(4)18(22-17(25)9-12(2)3)21-23-20(24-29-21)14-10-15(26-5)19(28-7)16(11-14)27-6/h10-13,18H,8-9H2,1-7H3,(H,22,25)/t13-,18-/m1/s1. The van der Waals surface area contributed by atoms with Crippen LogP contribution in [0.2, 0.25) is 0 Å². The zero-order chi connectivity index (χ0) is 21.6. The molecule has 0 radical (unpaired) electrons. The van der Waals surface area contributed by atoms with Gasteiger partial charge in [0, 0.05) is 12.0 Å². The van der Waals surface area contributed by atoms with Gasteiger partial charge in [0.25, 0.3) is 0 Å². The second kappa shape index (κ2) is 10.1. The molecule has 0 unspecified atom stereocenters. The Labute approximate surface area is 171 Å². The van der Waals surface area contributed by atoms with E-state index >= 15 is 0 Å². The van der Waals surface area contributed by atoms with Gasteiger partial charge < -0.3 is 24.1 Å². The van der Waals surface area contributed by atoms with Crippen LogP contribution in [0.3, 0.4) is 0 Å². The van der Waals surface area contributed by atoms with Crippen molar-refractivity contribution >= 4 is 5.91 Å². The number of benzene rings is 1. The molecule has 2 aromatic rings. The van der Waals surface area contributed by atoms with E-state index in [1.165, 1.54) is 0 Å². The first-order valence-corrected chi connectivity index (χ1v) is 9.77. The lowest BCUT2D eigenvalue weighted by Gasteiger charge is -2.21. The fourth-order valence-electron chi connectivity index (χ4n) is 2.98. The minimum atomic E-state index is -0.352. The minimum absolute atomic E-state index is 0.0298. The Morgan fingerprint density at radius 3 is 2.21 bits per heavy atom. The zero-order valence-corrected chi connectivity index (χ0v) is 18.2. The van der Waals surface area contributed by atoms with E-state index in [2.05, 4.69) is 22.4 Å². The predicted octanol–water partition coefficient (Wildman–Crippen LogP) is 4.01. The van der Waals surface area contributed by atoms with Crippen LogP contribution in [0.15, 0.2) is 16.7 Å². The second-order valence-corrected chi connectivity index (χ2v) is 7.40. The molecule has 1 heterocycles. The average molecular weight is 405 g/mol. The van der Waals surface area contributed by atoms with Crippen molar-refractivity contribution in [3.8, 4) is 28.6 Å². The molecule has 8 heteroatoms. The Hall–Kier alpha value is -2.77. The molecule has 0 fully saturated rings. The van der Waals surface area contributed by atoms with Gasteiger partial charge in [-0.05, 0) is 24.0 Å². The number of hydrogen-bond donors (Lipinski definition) is 1. The summed E-state index contributed by atoms with van der Waals surface area (Å²) in [5, 5.41) is 7.15. The molecule has 0 bridgehead atoms. The SMILES string of the molecule is CC[C@@H](C)[C@@H](NC(=O)CC(C)C)c1nc(-c2cc(OC)c(OC)c(OC)c2)no1. The Morgan fingerprint density at radius 1 is 1.10 bits per heavy atom. The van der Waals surface area contributed by atoms with E-state index in [1.807, 2.05) is 20.8 Å². The third-order valence-electron chi connectivity index (χ3n) is 4.75. The summed E-state index contributed by atoms with van der Waals surface area (Å²) in [4.78, 5) is 16.9. The van der Waals surface area contributed by atoms with Crippen LogP contribution in [0.25, 0.3) is 11.4 Å². The van der Waals surface area contributed by atoms with Crippen LogP contribution < -0.4 is 19.5 Å². The maximum Gasteiger partial charge on any atom is 0.249 e. The topological polar surface area (TPSA) is 95.7 Å². The van der Waals surface area contributed by atoms with E-state index in [0.29, 0.717) is 40.9 Å². The van der Waals surface area contributed by atoms with Gasteiger partial charge in [-0.15, -0.1) is 0 Å². The number of nitrogens with one attached hydrogen (secondary N) is 1. The molecule has 29 heavy (non-hydrogen) atoms. The number of hydrogen-bond acceptors (Lipinski definition) is 7. The first-order chi connectivity index (χ1) is 13.8. The summed E-state index contributed by atoms with van der Waals surface area (Å²) < 4.78 is 21.7. The highest BCUT2D eigenvalue weighted by molar-refractivity contribution is 5.76. The summed E-state index contributed by atoms with van der Waals surface area (Å²) in [6.45, 7) is 8.12. The Morgan fingerprint density at radius 2 is 1.72 bits per heavy atom. The smallest absolute Gasteiger partial charge is 0.249 e. The van der Waals surface area contributed by atoms with E-state index in [0.717, 1.165) is 6.42 Å². The minimum Gasteiger partial charge on any atom is -0.493 e. The molecule has 0 aliphatic heterocycles. The lowest BCUT2D eigenvalue weighted by atomic mass is 9.98. The maximum absolute atomic E-state index is 12.3. The fraction of sp³-hybridized carbons (Fsp3) is 0.571. The molecule has 1 aromatic heterocycles. The van der Waals surface area contributed by atoms with Crippen LogP contribution >= 0.6 is 0 Å². The molecule has 2 rings (SSSR count). The summed E-state index contributed by atoms with van der Waals surface area (Å²) in [6, 6.07) is 3.16. The summed E-state index contributed by atoms with van der Waals surface area (Å²) in [5.74, 6) is 2.61. The van der Waals surface area contributed by atoms with Crippen molar-refractivity contribution in [2.75, 3.05) is 21.3 Å². The third kappa shape index (κ3) is 5.40. The highest BCUT2D eigenvalue weighted by Crippen LogP contribution is 2.40. The Bertz CT molecular complexity index is 793. The first-order valence-electron chi connectivity index (χ1n) is 9.77. The number of methoxy groups -OCH3 is 3. The van der Waals surface area contributed by atoms with Gasteiger partial charge in [0.15, 0.2) is 11.5 Å². The molecular formula is C21H31N3O5. The van der Waals surface area contributed by atoms with Crippen LogP contribution in [0.5, 0.6) is 17.2 Å². The molecule has 0 saturated carbocycles. The van der Waals surface area contributed by atoms with Crippen LogP contribution in [-0.2, 0) is 4.79 Å². The summed E-state index contributed by atoms with van der Waals surface area (Å²) in [5.41, 5.74) is 0.658. The lowest BCUT2D eigenvalue weighted by molar-refractivity contribution is -0.123. The number of ether oxygens (including phenoxy) is 3. The van der Waals surface area contributed by atoms with Crippen molar-refractivity contribution in [2.45, 2.75) is 46.6 Å². The first kappa shape index (κ1) is 22.5. The molecule has 1 amide bonds. The quantitative estimate of drug-likeness (QED) is 0.638. The van der Waals surface area contributed by atoms with Gasteiger partial charge in [0.1, 0.15) is 6.04 Å². The molecule has 1 aromatic carbocycles. The Kier molecular flexibility index (Phi) is 7.87. The van der Waals surface area contributed by atoms with Crippen molar-refractivity contribution in [2.24, 2.45) is 11.8 Å². The van der Waals surface area contributed by atoms with Crippen molar-refractivity contribution in [3.63, 3.8) is 0 Å². The Balaban J connectivity index is 2.37. The average Bonchev–Trinajstić information content (AvgIpc) is 3.19. The third-order valence-corrected chi connectivity index (χ3v) is 4.75. The number of nitrogens with zero attached hydrogens (tertiary/aromatic N) is 2. The van der Waals surface area contributed by atoms with E-state index in [-0.39, 0.29) is 23.8 Å². The van der Waals surface area contributed by atoms with Crippen LogP contribution in [-0.4, -0.2) is 37.4 Å². The van der Waals surface area contributed by atoms with E-state index in [1.54, 1.807) is 33.5 Å². The molecule has 1 N–H and O–H groups in total. The van der Waals surface area contributed by atoms with Gasteiger partial charge in [-0.2, -0.15) is 4.98 Å². The summed E-state index contributed by atoms with van der Waals surface area (Å²) in [7, 11) is 4.64. The molecule has 8 nitrogen and oxygen atoms in total. The molecule has 0 spiro atoms. The molecule has 0 aliphatic carbocycles. The monoisotopic (exact) mass is 405 g/mol. The van der Waals surface area contributed by atoms with Crippen molar-refractivity contribution in [1.29, 1.82) is 0 Å². The van der Waals surface area contributed by atoms with E-state index < -0.39 is 0 Å². The van der Waals surface area contributed by atoms with Gasteiger partial charge in [-0.25, -0.2) is 0 Å². The number of rotatable bonds is 10. The predicted molar refractivity (Wildman–Crippen MR) is 109 cm³/mol. The van der Waals surface area contributed by atoms with Gasteiger partial charge in [0.2, 0.25) is 23.4 Å². The normalized spacial score (nSPS) is 13.1. The highest BCUT2D eigenvalue weighted by atomic mass is 16.5. The number of aromatic nitrogens is 2. The van der Waals surface area contributed by atoms with Crippen molar-refractivity contribution in [1.82, 2.24) is 15.5 Å². The van der Waals surface area contributed by atoms with Crippen molar-refractivity contribution in [3.05, 3.63) is 18.0 Å². The number of carbonyl (C=O) groups excluding carboxylic acids is 1. The molecule has 0 saturated heterocycles. The highest BCUT2D eigenvalue weighted by Gasteiger charge is 2.27. The summed E-state index contributed by atoms with van der Waals surface area (Å²) >= 11 is 0. The van der Waals surface area contributed by atoms with E-state index in [4.69, 9.17) is 18.7 Å². The van der Waals surface area contributed by atoms with E-state index in [9.17, 15) is 4.79 Å². The zero-order valence-electron chi connectivity index (χ0n) is 18.2. The molecule has 0 aliphatic rings. The number of amides is 1. The van der Waals surface area contributed by atoms with Gasteiger partial charge in [-0.1, -0.05) is 39.3 Å². The lowest BCUT2D eigenvalue weighted by Crippen LogP contribution is -2.33. The molecule has 160 valence electrons. The van der Waals surface area contributed by atoms with Crippen LogP contribution in [0.4, 0.5) is 0 Å². The fourth-order valence-corrected chi connectivity index (χ4v) is 2.98. The largest absolute Gasteiger partial charge is 0.493 e.